The van der Waals surface area contributed by atoms with Crippen molar-refractivity contribution in [3.8, 4) is 0 Å². The summed E-state index contributed by atoms with van der Waals surface area (Å²) in [5.74, 6) is 0.232. The van der Waals surface area contributed by atoms with Crippen LogP contribution < -0.4 is 5.32 Å². The van der Waals surface area contributed by atoms with Gasteiger partial charge in [0.05, 0.1) is 6.61 Å². The molecule has 1 aromatic carbocycles. The van der Waals surface area contributed by atoms with Crippen molar-refractivity contribution in [3.05, 3.63) is 35.3 Å². The third-order valence-corrected chi connectivity index (χ3v) is 3.74. The lowest BCUT2D eigenvalue weighted by Crippen LogP contribution is -2.27. The molecule has 0 spiro atoms. The number of halogens is 1. The Bertz CT molecular complexity index is 662. The third-order valence-electron chi connectivity index (χ3n) is 3.74. The lowest BCUT2D eigenvalue weighted by Gasteiger charge is -2.04. The molecular weight excluding hydrogens is 271 g/mol. The Kier molecular flexibility index (Phi) is 3.92. The second kappa shape index (κ2) is 5.85. The Morgan fingerprint density at radius 3 is 3.00 bits per heavy atom. The first-order valence-corrected chi connectivity index (χ1v) is 7.28. The fourth-order valence-electron chi connectivity index (χ4n) is 2.36. The summed E-state index contributed by atoms with van der Waals surface area (Å²) < 4.78 is 18.8. The van der Waals surface area contributed by atoms with Crippen LogP contribution >= 0.6 is 0 Å². The molecule has 3 rings (SSSR count). The molecule has 0 saturated heterocycles. The Morgan fingerprint density at radius 1 is 1.43 bits per heavy atom. The van der Waals surface area contributed by atoms with Crippen LogP contribution in [0.1, 0.15) is 28.9 Å². The predicted molar refractivity (Wildman–Crippen MR) is 78.9 cm³/mol. The highest BCUT2D eigenvalue weighted by Crippen LogP contribution is 2.28. The van der Waals surface area contributed by atoms with E-state index in [1.54, 1.807) is 6.07 Å². The number of aromatic amines is 1. The molecule has 0 atom stereocenters. The molecule has 2 N–H and O–H groups in total. The summed E-state index contributed by atoms with van der Waals surface area (Å²) in [5, 5.41) is 3.67. The van der Waals surface area contributed by atoms with E-state index in [4.69, 9.17) is 4.74 Å². The Balaban J connectivity index is 1.57. The maximum absolute atomic E-state index is 13.3. The number of aryl methyl sites for hydroxylation is 1. The summed E-state index contributed by atoms with van der Waals surface area (Å²) in [5.41, 5.74) is 1.90. The van der Waals surface area contributed by atoms with Gasteiger partial charge in [0.25, 0.3) is 5.91 Å². The number of nitrogens with one attached hydrogen (secondary N) is 2. The molecule has 1 aliphatic rings. The van der Waals surface area contributed by atoms with Crippen LogP contribution in [0.4, 0.5) is 4.39 Å². The lowest BCUT2D eigenvalue weighted by molar-refractivity contribution is 0.0902. The molecule has 4 nitrogen and oxygen atoms in total. The Hall–Kier alpha value is -1.88. The SMILES string of the molecule is Cc1cc(F)cc2[nH]c(C(=O)NCCOCC3CC3)cc12. The first kappa shape index (κ1) is 14.1. The number of fused-ring (bicyclic) bond motifs is 1. The zero-order chi connectivity index (χ0) is 14.8. The largest absolute Gasteiger partial charge is 0.379 e. The van der Waals surface area contributed by atoms with E-state index in [1.165, 1.54) is 25.0 Å². The number of hydrogen-bond donors (Lipinski definition) is 2. The first-order chi connectivity index (χ1) is 10.1. The van der Waals surface area contributed by atoms with Crippen LogP contribution in [-0.4, -0.2) is 30.6 Å². The van der Waals surface area contributed by atoms with Gasteiger partial charge >= 0.3 is 0 Å². The van der Waals surface area contributed by atoms with Crippen molar-refractivity contribution >= 4 is 16.8 Å². The van der Waals surface area contributed by atoms with Crippen molar-refractivity contribution < 1.29 is 13.9 Å². The van der Waals surface area contributed by atoms with E-state index < -0.39 is 0 Å². The first-order valence-electron chi connectivity index (χ1n) is 7.28. The monoisotopic (exact) mass is 290 g/mol. The minimum absolute atomic E-state index is 0.193. The van der Waals surface area contributed by atoms with Crippen LogP contribution in [0.3, 0.4) is 0 Å². The number of aromatic nitrogens is 1. The quantitative estimate of drug-likeness (QED) is 0.804. The van der Waals surface area contributed by atoms with E-state index in [0.29, 0.717) is 24.4 Å². The molecule has 0 bridgehead atoms. The molecule has 1 saturated carbocycles. The van der Waals surface area contributed by atoms with E-state index >= 15 is 0 Å². The molecular formula is C16H19FN2O2. The normalized spacial score (nSPS) is 14.6. The molecule has 1 amide bonds. The molecule has 1 heterocycles. The molecule has 2 aromatic rings. The van der Waals surface area contributed by atoms with Crippen LogP contribution in [0.2, 0.25) is 0 Å². The summed E-state index contributed by atoms with van der Waals surface area (Å²) in [6.07, 6.45) is 2.52. The summed E-state index contributed by atoms with van der Waals surface area (Å²) in [6.45, 7) is 3.62. The number of benzene rings is 1. The third kappa shape index (κ3) is 3.42. The van der Waals surface area contributed by atoms with Crippen molar-refractivity contribution in [3.63, 3.8) is 0 Å². The molecule has 1 fully saturated rings. The average molecular weight is 290 g/mol. The van der Waals surface area contributed by atoms with Crippen molar-refractivity contribution in [2.45, 2.75) is 19.8 Å². The zero-order valence-electron chi connectivity index (χ0n) is 12.0. The van der Waals surface area contributed by atoms with Gasteiger partial charge in [-0.2, -0.15) is 0 Å². The second-order valence-electron chi connectivity index (χ2n) is 5.64. The van der Waals surface area contributed by atoms with E-state index in [9.17, 15) is 9.18 Å². The van der Waals surface area contributed by atoms with Gasteiger partial charge in [0.2, 0.25) is 0 Å². The van der Waals surface area contributed by atoms with Crippen molar-refractivity contribution in [2.75, 3.05) is 19.8 Å². The summed E-state index contributed by atoms with van der Waals surface area (Å²) in [4.78, 5) is 15.0. The summed E-state index contributed by atoms with van der Waals surface area (Å²) in [6, 6.07) is 4.62. The van der Waals surface area contributed by atoms with Gasteiger partial charge in [-0.25, -0.2) is 4.39 Å². The minimum Gasteiger partial charge on any atom is -0.379 e. The predicted octanol–water partition coefficient (Wildman–Crippen LogP) is 2.77. The number of amides is 1. The molecule has 1 aliphatic carbocycles. The van der Waals surface area contributed by atoms with E-state index in [1.807, 2.05) is 6.92 Å². The number of ether oxygens (including phenoxy) is 1. The van der Waals surface area contributed by atoms with E-state index in [0.717, 1.165) is 23.5 Å². The molecule has 0 unspecified atom stereocenters. The van der Waals surface area contributed by atoms with Gasteiger partial charge in [-0.3, -0.25) is 4.79 Å². The summed E-state index contributed by atoms with van der Waals surface area (Å²) in [7, 11) is 0. The van der Waals surface area contributed by atoms with Crippen LogP contribution in [0.25, 0.3) is 10.9 Å². The lowest BCUT2D eigenvalue weighted by atomic mass is 10.1. The second-order valence-corrected chi connectivity index (χ2v) is 5.64. The van der Waals surface area contributed by atoms with E-state index in [-0.39, 0.29) is 11.7 Å². The Labute approximate surface area is 122 Å². The topological polar surface area (TPSA) is 54.1 Å². The maximum atomic E-state index is 13.3. The van der Waals surface area contributed by atoms with Crippen LogP contribution in [-0.2, 0) is 4.74 Å². The molecule has 5 heteroatoms. The number of carbonyl (C=O) groups is 1. The van der Waals surface area contributed by atoms with Crippen molar-refractivity contribution in [1.29, 1.82) is 0 Å². The fraction of sp³-hybridized carbons (Fsp3) is 0.438. The smallest absolute Gasteiger partial charge is 0.267 e. The standard InChI is InChI=1S/C16H19FN2O2/c1-10-6-12(17)7-14-13(10)8-15(19-14)16(20)18-4-5-21-9-11-2-3-11/h6-8,11,19H,2-5,9H2,1H3,(H,18,20). The minimum atomic E-state index is -0.303. The molecule has 0 aliphatic heterocycles. The number of hydrogen-bond acceptors (Lipinski definition) is 2. The van der Waals surface area contributed by atoms with Gasteiger partial charge in [0.1, 0.15) is 11.5 Å². The summed E-state index contributed by atoms with van der Waals surface area (Å²) >= 11 is 0. The van der Waals surface area contributed by atoms with Gasteiger partial charge in [-0.15, -0.1) is 0 Å². The van der Waals surface area contributed by atoms with Gasteiger partial charge in [0.15, 0.2) is 0 Å². The Morgan fingerprint density at radius 2 is 2.24 bits per heavy atom. The maximum Gasteiger partial charge on any atom is 0.267 e. The highest BCUT2D eigenvalue weighted by atomic mass is 19.1. The average Bonchev–Trinajstić information content (AvgIpc) is 3.15. The van der Waals surface area contributed by atoms with Gasteiger partial charge in [-0.05, 0) is 49.4 Å². The molecule has 112 valence electrons. The number of H-pyrrole nitrogens is 1. The molecule has 0 radical (unpaired) electrons. The molecule has 21 heavy (non-hydrogen) atoms. The fourth-order valence-corrected chi connectivity index (χ4v) is 2.36. The highest BCUT2D eigenvalue weighted by molar-refractivity contribution is 5.98. The highest BCUT2D eigenvalue weighted by Gasteiger charge is 2.20. The number of rotatable bonds is 6. The zero-order valence-corrected chi connectivity index (χ0v) is 12.0. The van der Waals surface area contributed by atoms with E-state index in [2.05, 4.69) is 10.3 Å². The van der Waals surface area contributed by atoms with Gasteiger partial charge < -0.3 is 15.0 Å². The van der Waals surface area contributed by atoms with Crippen LogP contribution in [0.5, 0.6) is 0 Å². The van der Waals surface area contributed by atoms with Crippen molar-refractivity contribution in [1.82, 2.24) is 10.3 Å². The van der Waals surface area contributed by atoms with Crippen LogP contribution in [0, 0.1) is 18.7 Å². The van der Waals surface area contributed by atoms with Crippen molar-refractivity contribution in [2.24, 2.45) is 5.92 Å². The number of carbonyl (C=O) groups excluding carboxylic acids is 1. The van der Waals surface area contributed by atoms with Gasteiger partial charge in [0, 0.05) is 24.1 Å². The molecule has 1 aromatic heterocycles. The van der Waals surface area contributed by atoms with Crippen LogP contribution in [0.15, 0.2) is 18.2 Å². The van der Waals surface area contributed by atoms with Gasteiger partial charge in [-0.1, -0.05) is 0 Å².